The summed E-state index contributed by atoms with van der Waals surface area (Å²) < 4.78 is 31.4. The number of nitrogens with zero attached hydrogens (tertiary/aromatic N) is 1. The Hall–Kier alpha value is -2.18. The van der Waals surface area contributed by atoms with Gasteiger partial charge in [0.15, 0.2) is 5.58 Å². The molecule has 1 fully saturated rings. The van der Waals surface area contributed by atoms with Crippen molar-refractivity contribution in [1.82, 2.24) is 4.98 Å². The molecule has 1 aliphatic heterocycles. The van der Waals surface area contributed by atoms with E-state index >= 15 is 0 Å². The predicted molar refractivity (Wildman–Crippen MR) is 95.1 cm³/mol. The second-order valence-corrected chi connectivity index (χ2v) is 7.34. The van der Waals surface area contributed by atoms with Gasteiger partial charge in [-0.1, -0.05) is 12.1 Å². The minimum atomic E-state index is -0.461. The quantitative estimate of drug-likeness (QED) is 0.664. The Morgan fingerprint density at radius 1 is 0.960 bits per heavy atom. The Kier molecular flexibility index (Phi) is 3.53. The van der Waals surface area contributed by atoms with Crippen molar-refractivity contribution >= 4 is 23.7 Å². The van der Waals surface area contributed by atoms with E-state index in [1.54, 1.807) is 12.1 Å². The van der Waals surface area contributed by atoms with E-state index in [1.807, 2.05) is 45.9 Å². The summed E-state index contributed by atoms with van der Waals surface area (Å²) in [6.45, 7) is 8.06. The first-order valence-electron chi connectivity index (χ1n) is 8.27. The highest BCUT2D eigenvalue weighted by atomic mass is 19.1. The van der Waals surface area contributed by atoms with Crippen molar-refractivity contribution in [2.45, 2.75) is 38.9 Å². The molecule has 128 valence electrons. The van der Waals surface area contributed by atoms with Crippen LogP contribution in [-0.4, -0.2) is 23.3 Å². The van der Waals surface area contributed by atoms with Crippen molar-refractivity contribution in [2.75, 3.05) is 0 Å². The molecule has 2 aromatic carbocycles. The highest BCUT2D eigenvalue weighted by Crippen LogP contribution is 2.36. The topological polar surface area (TPSA) is 44.5 Å². The molecule has 4 rings (SSSR count). The average Bonchev–Trinajstić information content (AvgIpc) is 3.05. The first-order valence-corrected chi connectivity index (χ1v) is 8.27. The van der Waals surface area contributed by atoms with Crippen LogP contribution in [0.15, 0.2) is 46.9 Å². The molecule has 0 spiro atoms. The lowest BCUT2D eigenvalue weighted by Gasteiger charge is -2.32. The van der Waals surface area contributed by atoms with Crippen molar-refractivity contribution < 1.29 is 18.1 Å². The fourth-order valence-corrected chi connectivity index (χ4v) is 2.81. The highest BCUT2D eigenvalue weighted by molar-refractivity contribution is 6.62. The van der Waals surface area contributed by atoms with Crippen molar-refractivity contribution in [2.24, 2.45) is 0 Å². The van der Waals surface area contributed by atoms with Gasteiger partial charge in [-0.15, -0.1) is 0 Å². The fourth-order valence-electron chi connectivity index (χ4n) is 2.81. The standard InChI is InChI=1S/C19H19BFNO3/c1-18(2)19(3,4)25-20(24-18)13-8-9-15-16(11-13)23-17(22-15)12-6-5-7-14(21)10-12/h5-11H,1-4H3. The molecule has 6 heteroatoms. The van der Waals surface area contributed by atoms with Crippen molar-refractivity contribution in [3.05, 3.63) is 48.3 Å². The zero-order valence-corrected chi connectivity index (χ0v) is 14.7. The number of rotatable bonds is 2. The molecule has 0 atom stereocenters. The lowest BCUT2D eigenvalue weighted by atomic mass is 9.79. The van der Waals surface area contributed by atoms with Gasteiger partial charge in [-0.2, -0.15) is 0 Å². The van der Waals surface area contributed by atoms with Gasteiger partial charge >= 0.3 is 7.12 Å². The summed E-state index contributed by atoms with van der Waals surface area (Å²) in [6.07, 6.45) is 0. The molecule has 0 radical (unpaired) electrons. The number of benzene rings is 2. The minimum Gasteiger partial charge on any atom is -0.436 e. The monoisotopic (exact) mass is 339 g/mol. The fraction of sp³-hybridized carbons (Fsp3) is 0.316. The smallest absolute Gasteiger partial charge is 0.436 e. The van der Waals surface area contributed by atoms with E-state index in [-0.39, 0.29) is 5.82 Å². The van der Waals surface area contributed by atoms with E-state index in [9.17, 15) is 4.39 Å². The minimum absolute atomic E-state index is 0.322. The Labute approximate surface area is 146 Å². The maximum absolute atomic E-state index is 13.4. The highest BCUT2D eigenvalue weighted by Gasteiger charge is 2.51. The van der Waals surface area contributed by atoms with Gasteiger partial charge < -0.3 is 13.7 Å². The van der Waals surface area contributed by atoms with Gasteiger partial charge in [-0.05, 0) is 63.5 Å². The molecule has 1 aromatic heterocycles. The Bertz CT molecular complexity index is 935. The molecule has 0 unspecified atom stereocenters. The Balaban J connectivity index is 1.70. The zero-order valence-electron chi connectivity index (χ0n) is 14.7. The van der Waals surface area contributed by atoms with Crippen LogP contribution in [0.1, 0.15) is 27.7 Å². The van der Waals surface area contributed by atoms with Gasteiger partial charge in [0.2, 0.25) is 5.89 Å². The summed E-state index contributed by atoms with van der Waals surface area (Å²) in [7, 11) is -0.461. The lowest BCUT2D eigenvalue weighted by Crippen LogP contribution is -2.41. The third-order valence-electron chi connectivity index (χ3n) is 5.01. The van der Waals surface area contributed by atoms with Crippen LogP contribution < -0.4 is 5.46 Å². The SMILES string of the molecule is CC1(C)OB(c2ccc3nc(-c4cccc(F)c4)oc3c2)OC1(C)C. The number of hydrogen-bond donors (Lipinski definition) is 0. The van der Waals surface area contributed by atoms with Gasteiger partial charge in [0, 0.05) is 5.56 Å². The molecule has 0 aliphatic carbocycles. The van der Waals surface area contributed by atoms with E-state index in [0.29, 0.717) is 22.6 Å². The van der Waals surface area contributed by atoms with Gasteiger partial charge in [0.25, 0.3) is 0 Å². The van der Waals surface area contributed by atoms with Gasteiger partial charge in [-0.3, -0.25) is 0 Å². The second-order valence-electron chi connectivity index (χ2n) is 7.34. The summed E-state index contributed by atoms with van der Waals surface area (Å²) in [5.74, 6) is 0.0678. The number of fused-ring (bicyclic) bond motifs is 1. The molecule has 0 bridgehead atoms. The maximum Gasteiger partial charge on any atom is 0.494 e. The van der Waals surface area contributed by atoms with Crippen LogP contribution in [0.4, 0.5) is 4.39 Å². The van der Waals surface area contributed by atoms with Crippen LogP contribution >= 0.6 is 0 Å². The first-order chi connectivity index (χ1) is 11.7. The van der Waals surface area contributed by atoms with E-state index in [1.165, 1.54) is 12.1 Å². The van der Waals surface area contributed by atoms with E-state index < -0.39 is 18.3 Å². The molecular formula is C19H19BFNO3. The lowest BCUT2D eigenvalue weighted by molar-refractivity contribution is 0.00578. The Morgan fingerprint density at radius 2 is 1.68 bits per heavy atom. The average molecular weight is 339 g/mol. The normalized spacial score (nSPS) is 18.8. The third kappa shape index (κ3) is 2.75. The molecule has 0 saturated carbocycles. The van der Waals surface area contributed by atoms with E-state index in [0.717, 1.165) is 5.46 Å². The van der Waals surface area contributed by atoms with Gasteiger partial charge in [-0.25, -0.2) is 9.37 Å². The van der Waals surface area contributed by atoms with Crippen molar-refractivity contribution in [3.63, 3.8) is 0 Å². The van der Waals surface area contributed by atoms with E-state index in [4.69, 9.17) is 13.7 Å². The maximum atomic E-state index is 13.4. The Morgan fingerprint density at radius 3 is 2.36 bits per heavy atom. The summed E-state index contributed by atoms with van der Waals surface area (Å²) in [5, 5.41) is 0. The number of oxazole rings is 1. The molecule has 1 saturated heterocycles. The molecule has 2 heterocycles. The van der Waals surface area contributed by atoms with Crippen LogP contribution in [0.3, 0.4) is 0 Å². The molecule has 3 aromatic rings. The molecular weight excluding hydrogens is 320 g/mol. The van der Waals surface area contributed by atoms with Crippen LogP contribution in [0.5, 0.6) is 0 Å². The first kappa shape index (κ1) is 16.3. The van der Waals surface area contributed by atoms with Gasteiger partial charge in [0.05, 0.1) is 11.2 Å². The third-order valence-corrected chi connectivity index (χ3v) is 5.01. The summed E-state index contributed by atoms with van der Waals surface area (Å²) in [6, 6.07) is 11.8. The van der Waals surface area contributed by atoms with E-state index in [2.05, 4.69) is 4.98 Å². The van der Waals surface area contributed by atoms with Crippen LogP contribution in [0.2, 0.25) is 0 Å². The molecule has 0 amide bonds. The molecule has 4 nitrogen and oxygen atoms in total. The summed E-state index contributed by atoms with van der Waals surface area (Å²) in [4.78, 5) is 4.43. The van der Waals surface area contributed by atoms with Crippen molar-refractivity contribution in [1.29, 1.82) is 0 Å². The molecule has 1 aliphatic rings. The number of aromatic nitrogens is 1. The predicted octanol–water partition coefficient (Wildman–Crippen LogP) is 3.93. The zero-order chi connectivity index (χ0) is 17.8. The van der Waals surface area contributed by atoms with Crippen LogP contribution in [-0.2, 0) is 9.31 Å². The number of halogens is 1. The number of hydrogen-bond acceptors (Lipinski definition) is 4. The van der Waals surface area contributed by atoms with Crippen molar-refractivity contribution in [3.8, 4) is 11.5 Å². The second kappa shape index (κ2) is 5.41. The van der Waals surface area contributed by atoms with Gasteiger partial charge in [0.1, 0.15) is 11.3 Å². The summed E-state index contributed by atoms with van der Waals surface area (Å²) in [5.41, 5.74) is 1.99. The van der Waals surface area contributed by atoms with Crippen LogP contribution in [0, 0.1) is 5.82 Å². The summed E-state index contributed by atoms with van der Waals surface area (Å²) >= 11 is 0. The van der Waals surface area contributed by atoms with Crippen LogP contribution in [0.25, 0.3) is 22.6 Å². The molecule has 25 heavy (non-hydrogen) atoms. The molecule has 0 N–H and O–H groups in total. The largest absolute Gasteiger partial charge is 0.494 e.